The second-order valence-electron chi connectivity index (χ2n) is 3.59. The largest absolute Gasteiger partial charge is 0.493 e. The van der Waals surface area contributed by atoms with Crippen molar-refractivity contribution in [3.63, 3.8) is 0 Å². The van der Waals surface area contributed by atoms with E-state index < -0.39 is 0 Å². The molecule has 1 aromatic rings. The molecule has 0 aliphatic rings. The minimum Gasteiger partial charge on any atom is -0.493 e. The molecule has 0 aliphatic heterocycles. The topological polar surface area (TPSA) is 12.5 Å². The summed E-state index contributed by atoms with van der Waals surface area (Å²) in [6, 6.07) is 6.17. The zero-order valence-electron chi connectivity index (χ0n) is 10.7. The number of ether oxygens (including phenoxy) is 1. The van der Waals surface area contributed by atoms with Gasteiger partial charge in [0, 0.05) is 24.9 Å². The lowest BCUT2D eigenvalue weighted by atomic mass is 10.3. The molecule has 0 bridgehead atoms. The van der Waals surface area contributed by atoms with Crippen LogP contribution in [0.25, 0.3) is 0 Å². The molecule has 0 atom stereocenters. The molecule has 0 saturated carbocycles. The summed E-state index contributed by atoms with van der Waals surface area (Å²) in [7, 11) is 0. The molecule has 2 nitrogen and oxygen atoms in total. The van der Waals surface area contributed by atoms with Crippen molar-refractivity contribution in [1.82, 2.24) is 4.90 Å². The van der Waals surface area contributed by atoms with Gasteiger partial charge in [-0.25, -0.2) is 4.39 Å². The fraction of sp³-hybridized carbons (Fsp3) is 0.462. The summed E-state index contributed by atoms with van der Waals surface area (Å²) in [6.45, 7) is 6.54. The van der Waals surface area contributed by atoms with Crippen molar-refractivity contribution in [3.8, 4) is 5.75 Å². The lowest BCUT2D eigenvalue weighted by Crippen LogP contribution is -2.27. The molecule has 5 heteroatoms. The van der Waals surface area contributed by atoms with Crippen LogP contribution in [0.15, 0.2) is 24.3 Å². The molecule has 0 spiro atoms. The quantitative estimate of drug-likeness (QED) is 0.585. The van der Waals surface area contributed by atoms with E-state index in [4.69, 9.17) is 17.0 Å². The molecule has 0 amide bonds. The number of benzene rings is 1. The van der Waals surface area contributed by atoms with Crippen molar-refractivity contribution in [2.45, 2.75) is 13.8 Å². The fourth-order valence-corrected chi connectivity index (χ4v) is 2.71. The molecular weight excluding hydrogens is 269 g/mol. The molecule has 1 aromatic carbocycles. The zero-order valence-corrected chi connectivity index (χ0v) is 12.3. The van der Waals surface area contributed by atoms with Crippen LogP contribution in [0, 0.1) is 5.82 Å². The predicted octanol–water partition coefficient (Wildman–Crippen LogP) is 3.56. The summed E-state index contributed by atoms with van der Waals surface area (Å²) in [6.07, 6.45) is 0. The minimum absolute atomic E-state index is 0.279. The Morgan fingerprint density at radius 1 is 1.39 bits per heavy atom. The zero-order chi connectivity index (χ0) is 13.4. The number of nitrogens with zero attached hydrogens (tertiary/aromatic N) is 1. The average Bonchev–Trinajstić information content (AvgIpc) is 2.36. The van der Waals surface area contributed by atoms with Crippen LogP contribution < -0.4 is 4.74 Å². The van der Waals surface area contributed by atoms with Gasteiger partial charge in [-0.15, -0.1) is 0 Å². The molecule has 0 unspecified atom stereocenters. The molecule has 0 aliphatic carbocycles. The van der Waals surface area contributed by atoms with E-state index >= 15 is 0 Å². The number of thiocarbonyl (C=S) groups is 1. The minimum atomic E-state index is -0.279. The third-order valence-electron chi connectivity index (χ3n) is 2.40. The van der Waals surface area contributed by atoms with Gasteiger partial charge in [0.2, 0.25) is 0 Å². The normalized spacial score (nSPS) is 10.2. The van der Waals surface area contributed by atoms with E-state index in [1.807, 2.05) is 0 Å². The lowest BCUT2D eigenvalue weighted by Gasteiger charge is -2.20. The maximum absolute atomic E-state index is 12.9. The van der Waals surface area contributed by atoms with Gasteiger partial charge in [-0.3, -0.25) is 0 Å². The Hall–Kier alpha value is -0.810. The SMILES string of the molecule is CCN(CC)C(=S)SCCOc1cccc(F)c1. The van der Waals surface area contributed by atoms with Crippen LogP contribution in [-0.2, 0) is 0 Å². The molecule has 0 aromatic heterocycles. The summed E-state index contributed by atoms with van der Waals surface area (Å²) in [5.41, 5.74) is 0. The van der Waals surface area contributed by atoms with E-state index in [2.05, 4.69) is 18.7 Å². The van der Waals surface area contributed by atoms with Gasteiger partial charge >= 0.3 is 0 Å². The summed E-state index contributed by atoms with van der Waals surface area (Å²) in [5, 5.41) is 0. The maximum Gasteiger partial charge on any atom is 0.136 e. The third kappa shape index (κ3) is 5.23. The molecule has 0 heterocycles. The smallest absolute Gasteiger partial charge is 0.136 e. The number of rotatable bonds is 6. The second-order valence-corrected chi connectivity index (χ2v) is 5.32. The molecule has 0 radical (unpaired) electrons. The van der Waals surface area contributed by atoms with Crippen molar-refractivity contribution in [2.75, 3.05) is 25.4 Å². The standard InChI is InChI=1S/C13H18FNOS2/c1-3-15(4-2)13(17)18-9-8-16-12-7-5-6-11(14)10-12/h5-7,10H,3-4,8-9H2,1-2H3. The second kappa shape index (κ2) is 8.32. The van der Waals surface area contributed by atoms with E-state index in [0.717, 1.165) is 23.2 Å². The Morgan fingerprint density at radius 2 is 2.11 bits per heavy atom. The molecule has 18 heavy (non-hydrogen) atoms. The van der Waals surface area contributed by atoms with Crippen LogP contribution >= 0.6 is 24.0 Å². The van der Waals surface area contributed by atoms with Gasteiger partial charge in [0.15, 0.2) is 0 Å². The van der Waals surface area contributed by atoms with Crippen LogP contribution in [0.4, 0.5) is 4.39 Å². The first kappa shape index (κ1) is 15.2. The monoisotopic (exact) mass is 287 g/mol. The number of thioether (sulfide) groups is 1. The van der Waals surface area contributed by atoms with Gasteiger partial charge in [0.1, 0.15) is 15.9 Å². The molecule has 0 N–H and O–H groups in total. The third-order valence-corrected chi connectivity index (χ3v) is 3.88. The number of hydrogen-bond donors (Lipinski definition) is 0. The van der Waals surface area contributed by atoms with Gasteiger partial charge in [-0.2, -0.15) is 0 Å². The highest BCUT2D eigenvalue weighted by molar-refractivity contribution is 8.22. The van der Waals surface area contributed by atoms with E-state index in [1.54, 1.807) is 23.9 Å². The van der Waals surface area contributed by atoms with Crippen LogP contribution in [0.2, 0.25) is 0 Å². The summed E-state index contributed by atoms with van der Waals surface area (Å²) in [5.74, 6) is 1.05. The van der Waals surface area contributed by atoms with Crippen LogP contribution in [-0.4, -0.2) is 34.7 Å². The van der Waals surface area contributed by atoms with Gasteiger partial charge in [-0.1, -0.05) is 30.0 Å². The highest BCUT2D eigenvalue weighted by Crippen LogP contribution is 2.13. The Labute approximate surface area is 118 Å². The summed E-state index contributed by atoms with van der Waals surface area (Å²) >= 11 is 6.89. The molecule has 100 valence electrons. The van der Waals surface area contributed by atoms with Gasteiger partial charge in [0.05, 0.1) is 6.61 Å². The maximum atomic E-state index is 12.9. The van der Waals surface area contributed by atoms with Crippen molar-refractivity contribution < 1.29 is 9.13 Å². The molecule has 0 saturated heterocycles. The first-order chi connectivity index (χ1) is 8.67. The van der Waals surface area contributed by atoms with Gasteiger partial charge in [0.25, 0.3) is 0 Å². The predicted molar refractivity (Wildman–Crippen MR) is 79.9 cm³/mol. The fourth-order valence-electron chi connectivity index (χ4n) is 1.42. The lowest BCUT2D eigenvalue weighted by molar-refractivity contribution is 0.342. The first-order valence-corrected chi connectivity index (χ1v) is 7.36. The Morgan fingerprint density at radius 3 is 2.72 bits per heavy atom. The summed E-state index contributed by atoms with van der Waals surface area (Å²) < 4.78 is 19.2. The van der Waals surface area contributed by atoms with E-state index in [0.29, 0.717) is 12.4 Å². The Balaban J connectivity index is 2.24. The van der Waals surface area contributed by atoms with Crippen molar-refractivity contribution in [1.29, 1.82) is 0 Å². The Kier molecular flexibility index (Phi) is 7.05. The first-order valence-electron chi connectivity index (χ1n) is 5.97. The summed E-state index contributed by atoms with van der Waals surface area (Å²) in [4.78, 5) is 2.13. The van der Waals surface area contributed by atoms with Crippen LogP contribution in [0.3, 0.4) is 0 Å². The average molecular weight is 287 g/mol. The molecule has 0 fully saturated rings. The van der Waals surface area contributed by atoms with Crippen molar-refractivity contribution in [2.24, 2.45) is 0 Å². The Bertz CT molecular complexity index is 383. The van der Waals surface area contributed by atoms with Crippen molar-refractivity contribution in [3.05, 3.63) is 30.1 Å². The highest BCUT2D eigenvalue weighted by atomic mass is 32.2. The van der Waals surface area contributed by atoms with Gasteiger partial charge < -0.3 is 9.64 Å². The van der Waals surface area contributed by atoms with E-state index in [9.17, 15) is 4.39 Å². The van der Waals surface area contributed by atoms with Crippen LogP contribution in [0.5, 0.6) is 5.75 Å². The molecule has 1 rings (SSSR count). The number of hydrogen-bond acceptors (Lipinski definition) is 3. The van der Waals surface area contributed by atoms with E-state index in [1.165, 1.54) is 12.1 Å². The highest BCUT2D eigenvalue weighted by Gasteiger charge is 2.05. The van der Waals surface area contributed by atoms with Crippen LogP contribution in [0.1, 0.15) is 13.8 Å². The van der Waals surface area contributed by atoms with Gasteiger partial charge in [-0.05, 0) is 26.0 Å². The van der Waals surface area contributed by atoms with Crippen molar-refractivity contribution >= 4 is 28.3 Å². The number of halogens is 1. The van der Waals surface area contributed by atoms with E-state index in [-0.39, 0.29) is 5.82 Å². The molecular formula is C13H18FNOS2.